The van der Waals surface area contributed by atoms with E-state index in [0.717, 1.165) is 25.0 Å². The summed E-state index contributed by atoms with van der Waals surface area (Å²) in [6, 6.07) is 9.58. The molecule has 5 nitrogen and oxygen atoms in total. The Hall–Kier alpha value is -2.46. The van der Waals surface area contributed by atoms with Crippen LogP contribution in [0.3, 0.4) is 0 Å². The van der Waals surface area contributed by atoms with Crippen molar-refractivity contribution < 1.29 is 30.8 Å². The monoisotopic (exact) mass is 538 g/mol. The topological polar surface area (TPSA) is 66.5 Å². The molecule has 3 atom stereocenters. The molecule has 10 heteroatoms. The number of carbonyl (C=O) groups is 1. The van der Waals surface area contributed by atoms with E-state index in [0.29, 0.717) is 18.4 Å². The van der Waals surface area contributed by atoms with Crippen molar-refractivity contribution in [3.63, 3.8) is 0 Å². The first-order valence-corrected chi connectivity index (χ1v) is 14.1. The number of nitrogens with one attached hydrogen (secondary N) is 1. The predicted octanol–water partition coefficient (Wildman–Crippen LogP) is 5.11. The van der Waals surface area contributed by atoms with Crippen molar-refractivity contribution in [3.8, 4) is 11.1 Å². The van der Waals surface area contributed by atoms with E-state index in [1.165, 1.54) is 11.8 Å². The molecule has 1 aliphatic heterocycles. The lowest BCUT2D eigenvalue weighted by Crippen LogP contribution is -2.60. The Kier molecular flexibility index (Phi) is 6.42. The van der Waals surface area contributed by atoms with Crippen molar-refractivity contribution in [2.75, 3.05) is 6.54 Å². The molecule has 0 aromatic heterocycles. The van der Waals surface area contributed by atoms with Gasteiger partial charge in [0.25, 0.3) is 10.0 Å². The summed E-state index contributed by atoms with van der Waals surface area (Å²) in [7, 11) is -5.03. The Morgan fingerprint density at radius 3 is 2.35 bits per heavy atom. The average molecular weight is 539 g/mol. The van der Waals surface area contributed by atoms with E-state index in [1.807, 2.05) is 6.92 Å². The van der Waals surface area contributed by atoms with E-state index >= 15 is 4.39 Å². The van der Waals surface area contributed by atoms with E-state index in [2.05, 4.69) is 4.72 Å². The van der Waals surface area contributed by atoms with Gasteiger partial charge in [0.1, 0.15) is 11.6 Å². The maximum absolute atomic E-state index is 15.8. The summed E-state index contributed by atoms with van der Waals surface area (Å²) in [4.78, 5) is 15.1. The van der Waals surface area contributed by atoms with Crippen LogP contribution in [-0.4, -0.2) is 43.1 Å². The summed E-state index contributed by atoms with van der Waals surface area (Å²) >= 11 is 0. The Morgan fingerprint density at radius 1 is 1.14 bits per heavy atom. The number of likely N-dealkylation sites (tertiary alicyclic amines) is 1. The van der Waals surface area contributed by atoms with Gasteiger partial charge in [-0.1, -0.05) is 37.3 Å². The quantitative estimate of drug-likeness (QED) is 0.475. The zero-order chi connectivity index (χ0) is 26.8. The van der Waals surface area contributed by atoms with Crippen LogP contribution in [0.2, 0.25) is 0 Å². The first kappa shape index (κ1) is 26.2. The van der Waals surface area contributed by atoms with Gasteiger partial charge in [-0.2, -0.15) is 8.78 Å². The highest BCUT2D eigenvalue weighted by Crippen LogP contribution is 2.61. The largest absolute Gasteiger partial charge is 0.350 e. The number of rotatable bonds is 8. The number of hydrogen-bond donors (Lipinski definition) is 1. The van der Waals surface area contributed by atoms with Gasteiger partial charge in [0.15, 0.2) is 0 Å². The minimum absolute atomic E-state index is 0.0359. The summed E-state index contributed by atoms with van der Waals surface area (Å²) in [5, 5.41) is 0. The molecule has 200 valence electrons. The zero-order valence-corrected chi connectivity index (χ0v) is 21.5. The van der Waals surface area contributed by atoms with Gasteiger partial charge < -0.3 is 4.90 Å². The van der Waals surface area contributed by atoms with Crippen molar-refractivity contribution in [1.82, 2.24) is 9.62 Å². The van der Waals surface area contributed by atoms with Gasteiger partial charge in [-0.25, -0.2) is 21.9 Å². The standard InChI is InChI=1S/C27H30F4N2O3S/c1-16(17-8-9-17)24(34)33-15-27(10-11-27)26(2,32-37(35,36)25(30)31)22(33)13-19-12-20(28)14-21(23(19)29)18-6-4-3-5-7-18/h3-7,12,14,16-17,22,25,32H,8-11,13,15H2,1-2H3/t16-,22-,26?/m0/s1. The third kappa shape index (κ3) is 4.56. The second-order valence-electron chi connectivity index (χ2n) is 11.0. The zero-order valence-electron chi connectivity index (χ0n) is 20.7. The average Bonchev–Trinajstić information content (AvgIpc) is 3.77. The number of hydrogen-bond acceptors (Lipinski definition) is 3. The summed E-state index contributed by atoms with van der Waals surface area (Å²) in [5.74, 6) is -5.36. The van der Waals surface area contributed by atoms with Crippen LogP contribution >= 0.6 is 0 Å². The molecule has 0 radical (unpaired) electrons. The van der Waals surface area contributed by atoms with Crippen LogP contribution in [0.5, 0.6) is 0 Å². The molecule has 2 aromatic rings. The van der Waals surface area contributed by atoms with E-state index in [9.17, 15) is 26.4 Å². The SMILES string of the molecule is C[C@H](C(=O)N1CC2(CC2)C(C)(NS(=O)(=O)C(F)F)[C@@H]1Cc1cc(F)cc(-c2ccccc2)c1F)C1CC1. The molecule has 1 unspecified atom stereocenters. The van der Waals surface area contributed by atoms with E-state index in [1.54, 1.807) is 30.3 Å². The van der Waals surface area contributed by atoms with Gasteiger partial charge >= 0.3 is 5.76 Å². The summed E-state index contributed by atoms with van der Waals surface area (Å²) < 4.78 is 84.5. The summed E-state index contributed by atoms with van der Waals surface area (Å²) in [6.45, 7) is 3.51. The van der Waals surface area contributed by atoms with Crippen LogP contribution in [0.25, 0.3) is 11.1 Å². The fourth-order valence-corrected chi connectivity index (χ4v) is 7.08. The molecule has 1 saturated heterocycles. The molecule has 37 heavy (non-hydrogen) atoms. The highest BCUT2D eigenvalue weighted by molar-refractivity contribution is 7.89. The molecule has 1 amide bonds. The number of carbonyl (C=O) groups excluding carboxylic acids is 1. The first-order chi connectivity index (χ1) is 17.4. The number of benzene rings is 2. The number of amides is 1. The highest BCUT2D eigenvalue weighted by atomic mass is 32.2. The van der Waals surface area contributed by atoms with Crippen LogP contribution in [0, 0.1) is 28.9 Å². The third-order valence-corrected chi connectivity index (χ3v) is 9.85. The normalized spacial score (nSPS) is 25.6. The van der Waals surface area contributed by atoms with Crippen molar-refractivity contribution in [3.05, 3.63) is 59.7 Å². The summed E-state index contributed by atoms with van der Waals surface area (Å²) in [6.07, 6.45) is 2.66. The van der Waals surface area contributed by atoms with Gasteiger partial charge in [-0.05, 0) is 68.2 Å². The van der Waals surface area contributed by atoms with Gasteiger partial charge in [0, 0.05) is 23.4 Å². The molecule has 2 saturated carbocycles. The molecular formula is C27H30F4N2O3S. The molecule has 2 aliphatic carbocycles. The Bertz CT molecular complexity index is 1310. The summed E-state index contributed by atoms with van der Waals surface area (Å²) in [5.41, 5.74) is -1.77. The van der Waals surface area contributed by atoms with Gasteiger partial charge in [0.2, 0.25) is 5.91 Å². The second kappa shape index (κ2) is 9.08. The number of halogens is 4. The molecule has 5 rings (SSSR count). The highest BCUT2D eigenvalue weighted by Gasteiger charge is 2.69. The molecule has 1 heterocycles. The molecule has 3 aliphatic rings. The fraction of sp³-hybridized carbons (Fsp3) is 0.519. The van der Waals surface area contributed by atoms with E-state index in [4.69, 9.17) is 0 Å². The Labute approximate surface area is 214 Å². The van der Waals surface area contributed by atoms with Crippen molar-refractivity contribution in [1.29, 1.82) is 0 Å². The lowest BCUT2D eigenvalue weighted by Gasteiger charge is -2.39. The molecule has 1 spiro atoms. The Balaban J connectivity index is 1.59. The van der Waals surface area contributed by atoms with Crippen LogP contribution in [0.4, 0.5) is 17.6 Å². The molecule has 0 bridgehead atoms. The maximum atomic E-state index is 15.8. The van der Waals surface area contributed by atoms with E-state index in [-0.39, 0.29) is 41.8 Å². The smallest absolute Gasteiger partial charge is 0.337 e. The van der Waals surface area contributed by atoms with Crippen molar-refractivity contribution >= 4 is 15.9 Å². The van der Waals surface area contributed by atoms with Crippen molar-refractivity contribution in [2.24, 2.45) is 17.3 Å². The van der Waals surface area contributed by atoms with Crippen molar-refractivity contribution in [2.45, 2.75) is 63.3 Å². The van der Waals surface area contributed by atoms with Gasteiger partial charge in [-0.15, -0.1) is 0 Å². The second-order valence-corrected chi connectivity index (χ2v) is 12.6. The van der Waals surface area contributed by atoms with Crippen LogP contribution in [0.1, 0.15) is 45.1 Å². The molecule has 1 N–H and O–H groups in total. The van der Waals surface area contributed by atoms with Gasteiger partial charge in [-0.3, -0.25) is 4.79 Å². The molecular weight excluding hydrogens is 508 g/mol. The van der Waals surface area contributed by atoms with Crippen LogP contribution in [-0.2, 0) is 21.2 Å². The predicted molar refractivity (Wildman–Crippen MR) is 131 cm³/mol. The fourth-order valence-electron chi connectivity index (χ4n) is 6.05. The van der Waals surface area contributed by atoms with E-state index < -0.39 is 44.4 Å². The number of alkyl halides is 2. The lowest BCUT2D eigenvalue weighted by atomic mass is 9.79. The number of nitrogens with zero attached hydrogens (tertiary/aromatic N) is 1. The number of sulfonamides is 1. The first-order valence-electron chi connectivity index (χ1n) is 12.5. The lowest BCUT2D eigenvalue weighted by molar-refractivity contribution is -0.137. The molecule has 3 fully saturated rings. The van der Waals surface area contributed by atoms with Crippen LogP contribution in [0.15, 0.2) is 42.5 Å². The third-order valence-electron chi connectivity index (χ3n) is 8.67. The van der Waals surface area contributed by atoms with Crippen LogP contribution < -0.4 is 4.72 Å². The minimum atomic E-state index is -5.03. The van der Waals surface area contributed by atoms with Gasteiger partial charge in [0.05, 0.1) is 11.6 Å². The minimum Gasteiger partial charge on any atom is -0.337 e. The maximum Gasteiger partial charge on any atom is 0.350 e. The Morgan fingerprint density at radius 2 is 1.78 bits per heavy atom. The molecule has 2 aromatic carbocycles.